The molecule has 0 amide bonds. The second kappa shape index (κ2) is 4.77. The molecule has 3 rings (SSSR count). The third-order valence-corrected chi connectivity index (χ3v) is 3.47. The summed E-state index contributed by atoms with van der Waals surface area (Å²) in [6.07, 6.45) is 7.39. The first kappa shape index (κ1) is 12.3. The average molecular weight is 320 g/mol. The Morgan fingerprint density at radius 1 is 1.26 bits per heavy atom. The molecule has 0 aliphatic heterocycles. The van der Waals surface area contributed by atoms with Crippen LogP contribution in [0.3, 0.4) is 0 Å². The van der Waals surface area contributed by atoms with Crippen molar-refractivity contribution in [2.24, 2.45) is 0 Å². The number of aromatic nitrogens is 5. The molecule has 0 saturated carbocycles. The van der Waals surface area contributed by atoms with Gasteiger partial charge in [-0.2, -0.15) is 5.10 Å². The van der Waals surface area contributed by atoms with E-state index in [9.17, 15) is 0 Å². The highest BCUT2D eigenvalue weighted by Crippen LogP contribution is 2.19. The lowest BCUT2D eigenvalue weighted by molar-refractivity contribution is 0.768. The molecule has 3 aromatic rings. The zero-order valence-electron chi connectivity index (χ0n) is 10.8. The molecule has 5 nitrogen and oxygen atoms in total. The topological polar surface area (TPSA) is 48.0 Å². The van der Waals surface area contributed by atoms with Crippen molar-refractivity contribution in [2.45, 2.75) is 26.7 Å². The summed E-state index contributed by atoms with van der Waals surface area (Å²) < 4.78 is 4.61. The van der Waals surface area contributed by atoms with Gasteiger partial charge in [-0.25, -0.2) is 14.6 Å². The molecule has 0 fully saturated rings. The van der Waals surface area contributed by atoms with Gasteiger partial charge in [0.05, 0.1) is 5.69 Å². The Morgan fingerprint density at radius 3 is 2.84 bits per heavy atom. The predicted octanol–water partition coefficient (Wildman–Crippen LogP) is 2.80. The molecule has 3 aromatic heterocycles. The van der Waals surface area contributed by atoms with E-state index in [0.29, 0.717) is 0 Å². The third-order valence-electron chi connectivity index (χ3n) is 3.09. The molecule has 0 spiro atoms. The molecule has 0 aliphatic rings. The summed E-state index contributed by atoms with van der Waals surface area (Å²) in [7, 11) is 0. The monoisotopic (exact) mass is 319 g/mol. The van der Waals surface area contributed by atoms with Crippen LogP contribution in [0.1, 0.15) is 25.2 Å². The Balaban J connectivity index is 2.28. The average Bonchev–Trinajstić information content (AvgIpc) is 3.03. The van der Waals surface area contributed by atoms with Gasteiger partial charge in [-0.3, -0.25) is 0 Å². The Labute approximate surface area is 119 Å². The smallest absolute Gasteiger partial charge is 0.198 e. The minimum atomic E-state index is 0.760. The van der Waals surface area contributed by atoms with Crippen molar-refractivity contribution in [3.63, 3.8) is 0 Å². The molecular weight excluding hydrogens is 306 g/mol. The quantitative estimate of drug-likeness (QED) is 0.745. The van der Waals surface area contributed by atoms with Crippen LogP contribution in [0.25, 0.3) is 11.5 Å². The largest absolute Gasteiger partial charge is 0.301 e. The summed E-state index contributed by atoms with van der Waals surface area (Å²) in [5.41, 5.74) is 3.03. The first-order chi connectivity index (χ1) is 9.22. The summed E-state index contributed by atoms with van der Waals surface area (Å²) >= 11 is 3.43. The lowest BCUT2D eigenvalue weighted by Crippen LogP contribution is -2.07. The number of aryl methyl sites for hydroxylation is 2. The number of hydrogen-bond donors (Lipinski definition) is 0. The molecule has 0 aromatic carbocycles. The maximum absolute atomic E-state index is 4.62. The molecule has 3 heterocycles. The van der Waals surface area contributed by atoms with E-state index >= 15 is 0 Å². The molecular formula is C13H14BrN5. The SMILES string of the molecule is CCc1cc(CC)n(-c2nc(Br)cn3ccnc23)n1. The molecule has 19 heavy (non-hydrogen) atoms. The van der Waals surface area contributed by atoms with Crippen molar-refractivity contribution in [1.29, 1.82) is 0 Å². The van der Waals surface area contributed by atoms with E-state index in [0.717, 1.165) is 40.3 Å². The summed E-state index contributed by atoms with van der Waals surface area (Å²) in [6, 6.07) is 2.13. The lowest BCUT2D eigenvalue weighted by atomic mass is 10.2. The van der Waals surface area contributed by atoms with Gasteiger partial charge in [-0.05, 0) is 34.8 Å². The molecule has 0 bridgehead atoms. The van der Waals surface area contributed by atoms with E-state index in [4.69, 9.17) is 0 Å². The Morgan fingerprint density at radius 2 is 2.11 bits per heavy atom. The van der Waals surface area contributed by atoms with Crippen molar-refractivity contribution in [3.8, 4) is 5.82 Å². The standard InChI is InChI=1S/C13H14BrN5/c1-3-9-7-10(4-2)19(17-9)13-12-15-5-6-18(12)8-11(14)16-13/h5-8H,3-4H2,1-2H3. The van der Waals surface area contributed by atoms with Crippen molar-refractivity contribution < 1.29 is 0 Å². The minimum absolute atomic E-state index is 0.760. The van der Waals surface area contributed by atoms with Gasteiger partial charge in [0.15, 0.2) is 11.5 Å². The van der Waals surface area contributed by atoms with E-state index < -0.39 is 0 Å². The van der Waals surface area contributed by atoms with E-state index in [-0.39, 0.29) is 0 Å². The van der Waals surface area contributed by atoms with Crippen LogP contribution in [0.15, 0.2) is 29.3 Å². The number of imidazole rings is 1. The van der Waals surface area contributed by atoms with Crippen LogP contribution in [0.2, 0.25) is 0 Å². The number of hydrogen-bond acceptors (Lipinski definition) is 3. The zero-order valence-corrected chi connectivity index (χ0v) is 12.4. The predicted molar refractivity (Wildman–Crippen MR) is 76.6 cm³/mol. The van der Waals surface area contributed by atoms with Gasteiger partial charge in [0.2, 0.25) is 0 Å². The molecule has 6 heteroatoms. The fourth-order valence-electron chi connectivity index (χ4n) is 2.11. The van der Waals surface area contributed by atoms with E-state index in [1.54, 1.807) is 6.20 Å². The summed E-state index contributed by atoms with van der Waals surface area (Å²) in [5.74, 6) is 0.760. The highest BCUT2D eigenvalue weighted by molar-refractivity contribution is 9.10. The maximum Gasteiger partial charge on any atom is 0.198 e. The normalized spacial score (nSPS) is 11.3. The molecule has 0 N–H and O–H groups in total. The van der Waals surface area contributed by atoms with Crippen LogP contribution in [0.4, 0.5) is 0 Å². The summed E-state index contributed by atoms with van der Waals surface area (Å²) in [4.78, 5) is 8.90. The molecule has 0 atom stereocenters. The number of halogens is 1. The van der Waals surface area contributed by atoms with Crippen LogP contribution in [-0.4, -0.2) is 24.1 Å². The summed E-state index contributed by atoms with van der Waals surface area (Å²) in [6.45, 7) is 4.22. The first-order valence-electron chi connectivity index (χ1n) is 6.30. The molecule has 0 radical (unpaired) electrons. The van der Waals surface area contributed by atoms with Crippen molar-refractivity contribution in [1.82, 2.24) is 24.1 Å². The molecule has 0 saturated heterocycles. The van der Waals surface area contributed by atoms with Crippen molar-refractivity contribution >= 4 is 21.6 Å². The Kier molecular flexibility index (Phi) is 3.10. The Hall–Kier alpha value is -1.69. The van der Waals surface area contributed by atoms with Gasteiger partial charge in [-0.15, -0.1) is 0 Å². The maximum atomic E-state index is 4.62. The van der Waals surface area contributed by atoms with Crippen LogP contribution < -0.4 is 0 Å². The van der Waals surface area contributed by atoms with Crippen molar-refractivity contribution in [3.05, 3.63) is 40.6 Å². The Bertz CT molecular complexity index is 728. The van der Waals surface area contributed by atoms with Gasteiger partial charge in [0.25, 0.3) is 0 Å². The number of rotatable bonds is 3. The molecule has 0 unspecified atom stereocenters. The van der Waals surface area contributed by atoms with E-state index in [1.165, 1.54) is 0 Å². The minimum Gasteiger partial charge on any atom is -0.301 e. The second-order valence-corrected chi connectivity index (χ2v) is 5.10. The lowest BCUT2D eigenvalue weighted by Gasteiger charge is -2.07. The van der Waals surface area contributed by atoms with Crippen LogP contribution in [-0.2, 0) is 12.8 Å². The van der Waals surface area contributed by atoms with Crippen molar-refractivity contribution in [2.75, 3.05) is 0 Å². The fourth-order valence-corrected chi connectivity index (χ4v) is 2.50. The van der Waals surface area contributed by atoms with Gasteiger partial charge < -0.3 is 4.40 Å². The number of nitrogens with zero attached hydrogens (tertiary/aromatic N) is 5. The van der Waals surface area contributed by atoms with Gasteiger partial charge >= 0.3 is 0 Å². The molecule has 98 valence electrons. The highest BCUT2D eigenvalue weighted by atomic mass is 79.9. The number of fused-ring (bicyclic) bond motifs is 1. The van der Waals surface area contributed by atoms with E-state index in [2.05, 4.69) is 50.9 Å². The van der Waals surface area contributed by atoms with Crippen LogP contribution in [0, 0.1) is 0 Å². The zero-order chi connectivity index (χ0) is 13.4. The van der Waals surface area contributed by atoms with Crippen LogP contribution in [0.5, 0.6) is 0 Å². The molecule has 0 aliphatic carbocycles. The van der Waals surface area contributed by atoms with Gasteiger partial charge in [0, 0.05) is 24.3 Å². The summed E-state index contributed by atoms with van der Waals surface area (Å²) in [5, 5.41) is 4.62. The first-order valence-corrected chi connectivity index (χ1v) is 7.09. The highest BCUT2D eigenvalue weighted by Gasteiger charge is 2.14. The fraction of sp³-hybridized carbons (Fsp3) is 0.308. The van der Waals surface area contributed by atoms with Gasteiger partial charge in [0.1, 0.15) is 4.60 Å². The third kappa shape index (κ3) is 2.06. The van der Waals surface area contributed by atoms with Crippen LogP contribution >= 0.6 is 15.9 Å². The second-order valence-electron chi connectivity index (χ2n) is 4.29. The van der Waals surface area contributed by atoms with E-state index in [1.807, 2.05) is 21.5 Å². The van der Waals surface area contributed by atoms with Gasteiger partial charge in [-0.1, -0.05) is 13.8 Å².